The lowest BCUT2D eigenvalue weighted by Gasteiger charge is -2.29. The average Bonchev–Trinajstić information content (AvgIpc) is 3.15. The van der Waals surface area contributed by atoms with E-state index in [0.29, 0.717) is 0 Å². The van der Waals surface area contributed by atoms with Gasteiger partial charge in [0.2, 0.25) is 0 Å². The van der Waals surface area contributed by atoms with Gasteiger partial charge in [-0.1, -0.05) is 192 Å². The predicted octanol–water partition coefficient (Wildman–Crippen LogP) is 11.1. The van der Waals surface area contributed by atoms with Gasteiger partial charge in [-0.15, -0.1) is 0 Å². The average molecular weight is 713 g/mol. The van der Waals surface area contributed by atoms with E-state index < -0.39 is 15.8 Å². The van der Waals surface area contributed by atoms with Crippen molar-refractivity contribution in [3.8, 4) is 11.1 Å². The Morgan fingerprint density at radius 2 is 0.765 bits per heavy atom. The van der Waals surface area contributed by atoms with Crippen LogP contribution in [0.5, 0.6) is 0 Å². The first-order valence-electron chi connectivity index (χ1n) is 17.5. The molecule has 0 saturated carbocycles. The van der Waals surface area contributed by atoms with Gasteiger partial charge >= 0.3 is 0 Å². The van der Waals surface area contributed by atoms with Crippen molar-refractivity contribution < 1.29 is 0 Å². The summed E-state index contributed by atoms with van der Waals surface area (Å²) >= 11 is 7.69. The molecule has 0 N–H and O–H groups in total. The Balaban J connectivity index is 1.54. The zero-order valence-electron chi connectivity index (χ0n) is 29.4. The van der Waals surface area contributed by atoms with E-state index in [-0.39, 0.29) is 0 Å². The van der Waals surface area contributed by atoms with Crippen LogP contribution in [0.2, 0.25) is 5.02 Å². The van der Waals surface area contributed by atoms with Gasteiger partial charge in [0.1, 0.15) is 0 Å². The lowest BCUT2D eigenvalue weighted by Crippen LogP contribution is -2.27. The molecule has 0 heterocycles. The summed E-state index contributed by atoms with van der Waals surface area (Å²) in [4.78, 5) is 0. The third kappa shape index (κ3) is 6.54. The van der Waals surface area contributed by atoms with Crippen molar-refractivity contribution in [2.24, 2.45) is 0 Å². The van der Waals surface area contributed by atoms with Crippen molar-refractivity contribution in [3.05, 3.63) is 191 Å². The van der Waals surface area contributed by atoms with E-state index >= 15 is 0 Å². The van der Waals surface area contributed by atoms with Crippen molar-refractivity contribution in [2.75, 3.05) is 0 Å². The first kappa shape index (κ1) is 33.6. The minimum Gasteiger partial charge on any atom is -0.0836 e. The molecule has 8 aromatic carbocycles. The second-order valence-corrected chi connectivity index (χ2v) is 18.2. The Labute approximate surface area is 309 Å². The minimum absolute atomic E-state index is 0.810. The Morgan fingerprint density at radius 1 is 0.373 bits per heavy atom. The number of aryl methyl sites for hydroxylation is 4. The van der Waals surface area contributed by atoms with Gasteiger partial charge in [-0.25, -0.2) is 0 Å². The fourth-order valence-corrected chi connectivity index (χ4v) is 12.4. The third-order valence-corrected chi connectivity index (χ3v) is 15.2. The largest absolute Gasteiger partial charge is 0.0836 e. The summed E-state index contributed by atoms with van der Waals surface area (Å²) in [5.41, 5.74) is 7.55. The van der Waals surface area contributed by atoms with Crippen molar-refractivity contribution in [3.63, 3.8) is 0 Å². The highest BCUT2D eigenvalue weighted by atomic mass is 35.5. The molecule has 3 heteroatoms. The smallest absolute Gasteiger partial charge is 0.0502 e. The molecule has 8 rings (SSSR count). The fourth-order valence-electron chi connectivity index (χ4n) is 7.09. The zero-order valence-corrected chi connectivity index (χ0v) is 31.9. The summed E-state index contributed by atoms with van der Waals surface area (Å²) in [7, 11) is -1.98. The maximum Gasteiger partial charge on any atom is 0.0502 e. The standard InChI is InChI=1S/C48H39ClP2/c1-32-13-22-38(23-14-32)50(39-24-15-33(2)16-25-39)45-30-21-36-9-5-7-11-42(36)46(45)47-43-12-8-6-10-37(43)31-44(49)48(47)51(40-26-17-34(3)18-27-40)41-28-19-35(4)20-29-41/h5-31H,1-4H3. The maximum absolute atomic E-state index is 7.69. The van der Waals surface area contributed by atoms with Gasteiger partial charge < -0.3 is 0 Å². The van der Waals surface area contributed by atoms with Crippen LogP contribution in [-0.4, -0.2) is 0 Å². The van der Waals surface area contributed by atoms with Crippen LogP contribution in [0, 0.1) is 27.7 Å². The molecule has 0 aliphatic heterocycles. The molecule has 0 unspecified atom stereocenters. The molecule has 0 radical (unpaired) electrons. The molecule has 0 bridgehead atoms. The molecule has 248 valence electrons. The molecule has 0 aromatic heterocycles. The van der Waals surface area contributed by atoms with Gasteiger partial charge in [-0.2, -0.15) is 0 Å². The lowest BCUT2D eigenvalue weighted by atomic mass is 9.93. The molecule has 0 saturated heterocycles. The third-order valence-electron chi connectivity index (χ3n) is 9.77. The SMILES string of the molecule is Cc1ccc(P(c2ccc(C)cc2)c2ccc3ccccc3c2-c2c(P(c3ccc(C)cc3)c3ccc(C)cc3)c(Cl)cc3ccccc23)cc1. The monoisotopic (exact) mass is 712 g/mol. The number of halogens is 1. The molecular weight excluding hydrogens is 674 g/mol. The normalized spacial score (nSPS) is 11.6. The van der Waals surface area contributed by atoms with Gasteiger partial charge in [-0.3, -0.25) is 0 Å². The molecular formula is C48H39ClP2. The Bertz CT molecular complexity index is 2410. The molecule has 8 aromatic rings. The van der Waals surface area contributed by atoms with Crippen LogP contribution in [0.25, 0.3) is 32.7 Å². The molecule has 0 fully saturated rings. The highest BCUT2D eigenvalue weighted by molar-refractivity contribution is 7.81. The van der Waals surface area contributed by atoms with Crippen LogP contribution in [0.1, 0.15) is 22.3 Å². The number of hydrogen-bond donors (Lipinski definition) is 0. The summed E-state index contributed by atoms with van der Waals surface area (Å²) in [6.45, 7) is 8.66. The van der Waals surface area contributed by atoms with Crippen LogP contribution in [0.4, 0.5) is 0 Å². The van der Waals surface area contributed by atoms with Gasteiger partial charge in [0, 0.05) is 10.9 Å². The molecule has 0 spiro atoms. The quantitative estimate of drug-likeness (QED) is 0.144. The maximum atomic E-state index is 7.69. The second kappa shape index (κ2) is 14.2. The van der Waals surface area contributed by atoms with E-state index in [4.69, 9.17) is 11.6 Å². The highest BCUT2D eigenvalue weighted by Crippen LogP contribution is 2.47. The molecule has 0 amide bonds. The summed E-state index contributed by atoms with van der Waals surface area (Å²) in [6, 6.07) is 61.2. The summed E-state index contributed by atoms with van der Waals surface area (Å²) in [5.74, 6) is 0. The highest BCUT2D eigenvalue weighted by Gasteiger charge is 2.30. The Morgan fingerprint density at radius 3 is 1.24 bits per heavy atom. The van der Waals surface area contributed by atoms with Gasteiger partial charge in [0.15, 0.2) is 0 Å². The molecule has 0 atom stereocenters. The second-order valence-electron chi connectivity index (χ2n) is 13.5. The van der Waals surface area contributed by atoms with Crippen LogP contribution >= 0.6 is 27.4 Å². The van der Waals surface area contributed by atoms with Crippen molar-refractivity contribution in [1.82, 2.24) is 0 Å². The summed E-state index contributed by atoms with van der Waals surface area (Å²) in [5, 5.41) is 13.5. The summed E-state index contributed by atoms with van der Waals surface area (Å²) < 4.78 is 0. The molecule has 51 heavy (non-hydrogen) atoms. The number of hydrogen-bond acceptors (Lipinski definition) is 0. The Kier molecular flexibility index (Phi) is 9.36. The van der Waals surface area contributed by atoms with Crippen molar-refractivity contribution >= 4 is 80.8 Å². The van der Waals surface area contributed by atoms with E-state index in [1.165, 1.54) is 81.4 Å². The summed E-state index contributed by atoms with van der Waals surface area (Å²) in [6.07, 6.45) is 0. The fraction of sp³-hybridized carbons (Fsp3) is 0.0833. The van der Waals surface area contributed by atoms with Crippen LogP contribution in [-0.2, 0) is 0 Å². The van der Waals surface area contributed by atoms with Gasteiger partial charge in [0.25, 0.3) is 0 Å². The first-order chi connectivity index (χ1) is 24.9. The van der Waals surface area contributed by atoms with E-state index in [1.54, 1.807) is 0 Å². The van der Waals surface area contributed by atoms with E-state index in [9.17, 15) is 0 Å². The van der Waals surface area contributed by atoms with Crippen LogP contribution in [0.15, 0.2) is 164 Å². The minimum atomic E-state index is -1.04. The van der Waals surface area contributed by atoms with Crippen LogP contribution in [0.3, 0.4) is 0 Å². The molecule has 0 aliphatic rings. The van der Waals surface area contributed by atoms with E-state index in [0.717, 1.165) is 10.4 Å². The van der Waals surface area contributed by atoms with Crippen molar-refractivity contribution in [2.45, 2.75) is 27.7 Å². The number of rotatable bonds is 7. The van der Waals surface area contributed by atoms with E-state index in [2.05, 4.69) is 191 Å². The lowest BCUT2D eigenvalue weighted by molar-refractivity contribution is 1.49. The first-order valence-corrected chi connectivity index (χ1v) is 20.5. The zero-order chi connectivity index (χ0) is 35.1. The van der Waals surface area contributed by atoms with Gasteiger partial charge in [-0.05, 0) is 103 Å². The van der Waals surface area contributed by atoms with Gasteiger partial charge in [0.05, 0.1) is 5.02 Å². The predicted molar refractivity (Wildman–Crippen MR) is 228 cm³/mol. The van der Waals surface area contributed by atoms with Crippen LogP contribution < -0.4 is 31.8 Å². The number of benzene rings is 8. The number of fused-ring (bicyclic) bond motifs is 2. The molecule has 0 nitrogen and oxygen atoms in total. The topological polar surface area (TPSA) is 0 Å². The Hall–Kier alpha value is -4.57. The van der Waals surface area contributed by atoms with E-state index in [1.807, 2.05) is 0 Å². The van der Waals surface area contributed by atoms with Crippen molar-refractivity contribution in [1.29, 1.82) is 0 Å². The molecule has 0 aliphatic carbocycles.